The molecule has 0 aromatic rings. The lowest BCUT2D eigenvalue weighted by molar-refractivity contribution is -0.275. The molecular formula is C8H9F5O3. The second-order valence-corrected chi connectivity index (χ2v) is 2.54. The Balaban J connectivity index is 5.07. The first-order valence-corrected chi connectivity index (χ1v) is 4.04. The number of allylic oxidation sites excluding steroid dienone is 1. The second-order valence-electron chi connectivity index (χ2n) is 2.54. The minimum absolute atomic E-state index is 0.0308. The highest BCUT2D eigenvalue weighted by atomic mass is 19.4. The molecule has 0 fully saturated rings. The van der Waals surface area contributed by atoms with Crippen molar-refractivity contribution in [3.8, 4) is 0 Å². The van der Waals surface area contributed by atoms with Crippen molar-refractivity contribution in [3.63, 3.8) is 0 Å². The number of carbonyl (C=O) groups is 1. The predicted molar refractivity (Wildman–Crippen MR) is 42.7 cm³/mol. The predicted octanol–water partition coefficient (Wildman–Crippen LogP) is 2.28. The third-order valence-corrected chi connectivity index (χ3v) is 1.42. The van der Waals surface area contributed by atoms with Crippen molar-refractivity contribution in [1.29, 1.82) is 0 Å². The standard InChI is InChI=1S/C8H9F5O3/c1-3-16-6(14)4-5(15-2)7(9,10)8(11,12)13/h4H,3H2,1-2H3. The van der Waals surface area contributed by atoms with Crippen LogP contribution in [0.4, 0.5) is 22.0 Å². The molecule has 0 aliphatic rings. The highest BCUT2D eigenvalue weighted by molar-refractivity contribution is 5.82. The number of ether oxygens (including phenoxy) is 2. The molecule has 0 atom stereocenters. The second kappa shape index (κ2) is 5.13. The van der Waals surface area contributed by atoms with E-state index in [1.54, 1.807) is 0 Å². The highest BCUT2D eigenvalue weighted by Gasteiger charge is 2.61. The summed E-state index contributed by atoms with van der Waals surface area (Å²) in [4.78, 5) is 10.7. The van der Waals surface area contributed by atoms with Crippen LogP contribution >= 0.6 is 0 Å². The Morgan fingerprint density at radius 2 is 1.75 bits per heavy atom. The van der Waals surface area contributed by atoms with Crippen molar-refractivity contribution in [2.75, 3.05) is 13.7 Å². The fraction of sp³-hybridized carbons (Fsp3) is 0.625. The van der Waals surface area contributed by atoms with Gasteiger partial charge in [0.15, 0.2) is 5.76 Å². The number of hydrogen-bond acceptors (Lipinski definition) is 3. The molecule has 3 nitrogen and oxygen atoms in total. The van der Waals surface area contributed by atoms with Crippen LogP contribution in [0.15, 0.2) is 11.8 Å². The first kappa shape index (κ1) is 14.7. The summed E-state index contributed by atoms with van der Waals surface area (Å²) < 4.78 is 69.0. The first-order valence-electron chi connectivity index (χ1n) is 4.04. The summed E-state index contributed by atoms with van der Waals surface area (Å²) in [5.41, 5.74) is 0. The molecule has 0 rings (SSSR count). The van der Waals surface area contributed by atoms with Gasteiger partial charge in [-0.15, -0.1) is 0 Å². The van der Waals surface area contributed by atoms with E-state index in [9.17, 15) is 26.7 Å². The van der Waals surface area contributed by atoms with Crippen molar-refractivity contribution in [2.45, 2.75) is 19.0 Å². The molecule has 0 unspecified atom stereocenters. The van der Waals surface area contributed by atoms with Crippen molar-refractivity contribution in [3.05, 3.63) is 11.8 Å². The molecule has 0 radical (unpaired) electrons. The first-order chi connectivity index (χ1) is 7.16. The number of methoxy groups -OCH3 is 1. The van der Waals surface area contributed by atoms with E-state index in [0.29, 0.717) is 7.11 Å². The minimum atomic E-state index is -5.83. The van der Waals surface area contributed by atoms with Gasteiger partial charge in [-0.1, -0.05) is 0 Å². The van der Waals surface area contributed by atoms with Gasteiger partial charge in [-0.2, -0.15) is 22.0 Å². The van der Waals surface area contributed by atoms with Crippen LogP contribution in [-0.2, 0) is 14.3 Å². The zero-order valence-electron chi connectivity index (χ0n) is 8.40. The van der Waals surface area contributed by atoms with E-state index < -0.39 is 23.8 Å². The molecule has 0 saturated heterocycles. The Morgan fingerprint density at radius 3 is 2.06 bits per heavy atom. The highest BCUT2D eigenvalue weighted by Crippen LogP contribution is 2.41. The third kappa shape index (κ3) is 3.35. The van der Waals surface area contributed by atoms with Crippen molar-refractivity contribution >= 4 is 5.97 Å². The smallest absolute Gasteiger partial charge is 0.461 e. The maximum Gasteiger partial charge on any atom is 0.461 e. The quantitative estimate of drug-likeness (QED) is 0.331. The number of halogens is 5. The zero-order valence-corrected chi connectivity index (χ0v) is 8.40. The fourth-order valence-electron chi connectivity index (χ4n) is 0.708. The van der Waals surface area contributed by atoms with Gasteiger partial charge in [0.1, 0.15) is 0 Å². The van der Waals surface area contributed by atoms with E-state index >= 15 is 0 Å². The van der Waals surface area contributed by atoms with Crippen LogP contribution in [0.2, 0.25) is 0 Å². The number of esters is 1. The Kier molecular flexibility index (Phi) is 4.70. The van der Waals surface area contributed by atoms with Crippen LogP contribution in [-0.4, -0.2) is 31.8 Å². The van der Waals surface area contributed by atoms with Gasteiger partial charge in [0.05, 0.1) is 19.8 Å². The molecule has 0 aromatic heterocycles. The Hall–Kier alpha value is -1.34. The number of alkyl halides is 5. The van der Waals surface area contributed by atoms with Crippen molar-refractivity contribution in [1.82, 2.24) is 0 Å². The molecule has 8 heteroatoms. The number of hydrogen-bond donors (Lipinski definition) is 0. The molecular weight excluding hydrogens is 239 g/mol. The van der Waals surface area contributed by atoms with Crippen LogP contribution in [0, 0.1) is 0 Å². The van der Waals surface area contributed by atoms with E-state index in [-0.39, 0.29) is 12.7 Å². The summed E-state index contributed by atoms with van der Waals surface area (Å²) >= 11 is 0. The topological polar surface area (TPSA) is 35.5 Å². The fourth-order valence-corrected chi connectivity index (χ4v) is 0.708. The van der Waals surface area contributed by atoms with Gasteiger partial charge in [0, 0.05) is 0 Å². The van der Waals surface area contributed by atoms with Crippen LogP contribution in [0.25, 0.3) is 0 Å². The molecule has 0 spiro atoms. The maximum atomic E-state index is 12.7. The number of rotatable bonds is 4. The van der Waals surface area contributed by atoms with Crippen LogP contribution in [0.1, 0.15) is 6.92 Å². The zero-order chi connectivity index (χ0) is 13.0. The SMILES string of the molecule is CCOC(=O)C=C(OC)C(F)(F)C(F)(F)F. The Morgan fingerprint density at radius 1 is 1.25 bits per heavy atom. The molecule has 0 N–H and O–H groups in total. The van der Waals surface area contributed by atoms with Crippen molar-refractivity contribution < 1.29 is 36.2 Å². The summed E-state index contributed by atoms with van der Waals surface area (Å²) in [5.74, 6) is -8.36. The molecule has 0 heterocycles. The lowest BCUT2D eigenvalue weighted by Crippen LogP contribution is -2.39. The van der Waals surface area contributed by atoms with Gasteiger partial charge in [-0.25, -0.2) is 4.79 Å². The van der Waals surface area contributed by atoms with Gasteiger partial charge >= 0.3 is 18.1 Å². The molecule has 94 valence electrons. The summed E-state index contributed by atoms with van der Waals surface area (Å²) in [5, 5.41) is 0. The molecule has 0 aliphatic carbocycles. The van der Waals surface area contributed by atoms with E-state index in [4.69, 9.17) is 0 Å². The average Bonchev–Trinajstić information content (AvgIpc) is 2.12. The monoisotopic (exact) mass is 248 g/mol. The maximum absolute atomic E-state index is 12.7. The molecule has 16 heavy (non-hydrogen) atoms. The van der Waals surface area contributed by atoms with Gasteiger partial charge in [-0.05, 0) is 6.92 Å². The van der Waals surface area contributed by atoms with E-state index in [1.165, 1.54) is 6.92 Å². The van der Waals surface area contributed by atoms with Gasteiger partial charge in [-0.3, -0.25) is 0 Å². The lowest BCUT2D eigenvalue weighted by Gasteiger charge is -2.20. The third-order valence-electron chi connectivity index (χ3n) is 1.42. The molecule has 0 aliphatic heterocycles. The van der Waals surface area contributed by atoms with Crippen LogP contribution in [0.3, 0.4) is 0 Å². The number of carbonyl (C=O) groups excluding carboxylic acids is 1. The van der Waals surface area contributed by atoms with E-state index in [0.717, 1.165) is 0 Å². The lowest BCUT2D eigenvalue weighted by atomic mass is 10.2. The average molecular weight is 248 g/mol. The van der Waals surface area contributed by atoms with Crippen LogP contribution < -0.4 is 0 Å². The molecule has 0 amide bonds. The molecule has 0 bridgehead atoms. The summed E-state index contributed by atoms with van der Waals surface area (Å²) in [6.45, 7) is 1.23. The summed E-state index contributed by atoms with van der Waals surface area (Å²) in [6, 6.07) is 0. The molecule has 0 aromatic carbocycles. The van der Waals surface area contributed by atoms with Gasteiger partial charge in [0.2, 0.25) is 0 Å². The normalized spacial score (nSPS) is 13.6. The van der Waals surface area contributed by atoms with Crippen molar-refractivity contribution in [2.24, 2.45) is 0 Å². The molecule has 0 saturated carbocycles. The Labute approximate surface area is 87.8 Å². The minimum Gasteiger partial charge on any atom is -0.494 e. The Bertz CT molecular complexity index is 282. The van der Waals surface area contributed by atoms with E-state index in [1.807, 2.05) is 0 Å². The summed E-state index contributed by atoms with van der Waals surface area (Å²) in [6.07, 6.45) is -5.86. The summed E-state index contributed by atoms with van der Waals surface area (Å²) in [7, 11) is 0.602. The van der Waals surface area contributed by atoms with Gasteiger partial charge in [0.25, 0.3) is 0 Å². The largest absolute Gasteiger partial charge is 0.494 e. The van der Waals surface area contributed by atoms with Crippen LogP contribution in [0.5, 0.6) is 0 Å². The van der Waals surface area contributed by atoms with E-state index in [2.05, 4.69) is 9.47 Å². The van der Waals surface area contributed by atoms with Gasteiger partial charge < -0.3 is 9.47 Å².